The van der Waals surface area contributed by atoms with Crippen LogP contribution in [0.1, 0.15) is 31.9 Å². The minimum atomic E-state index is -0.487. The number of anilines is 1. The Labute approximate surface area is 102 Å². The highest BCUT2D eigenvalue weighted by molar-refractivity contribution is 5.49. The second-order valence-corrected chi connectivity index (χ2v) is 4.42. The zero-order valence-electron chi connectivity index (χ0n) is 10.5. The predicted octanol–water partition coefficient (Wildman–Crippen LogP) is 1.75. The van der Waals surface area contributed by atoms with Gasteiger partial charge >= 0.3 is 0 Å². The van der Waals surface area contributed by atoms with Crippen molar-refractivity contribution in [1.82, 2.24) is 4.98 Å². The molecule has 0 aromatic carbocycles. The van der Waals surface area contributed by atoms with Crippen molar-refractivity contribution in [2.45, 2.75) is 32.4 Å². The van der Waals surface area contributed by atoms with Crippen LogP contribution in [0.4, 0.5) is 5.82 Å². The quantitative estimate of drug-likeness (QED) is 0.868. The summed E-state index contributed by atoms with van der Waals surface area (Å²) in [6, 6.07) is 4.17. The van der Waals surface area contributed by atoms with Crippen molar-refractivity contribution in [2.24, 2.45) is 0 Å². The Hall–Kier alpha value is -1.13. The maximum atomic E-state index is 9.80. The van der Waals surface area contributed by atoms with E-state index in [0.29, 0.717) is 6.04 Å². The van der Waals surface area contributed by atoms with Gasteiger partial charge in [-0.15, -0.1) is 0 Å². The summed E-state index contributed by atoms with van der Waals surface area (Å²) in [5.74, 6) is 0.901. The Balaban J connectivity index is 2.31. The molecule has 94 valence electrons. The number of pyridine rings is 1. The van der Waals surface area contributed by atoms with Crippen LogP contribution in [0.3, 0.4) is 0 Å². The molecular formula is C13H20N2O2. The molecule has 2 rings (SSSR count). The third kappa shape index (κ3) is 2.58. The zero-order valence-corrected chi connectivity index (χ0v) is 10.5. The van der Waals surface area contributed by atoms with Crippen molar-refractivity contribution in [3.63, 3.8) is 0 Å². The van der Waals surface area contributed by atoms with E-state index in [1.54, 1.807) is 13.1 Å². The topological polar surface area (TPSA) is 45.6 Å². The minimum absolute atomic E-state index is 0.358. The fourth-order valence-corrected chi connectivity index (χ4v) is 2.25. The fraction of sp³-hybridized carbons (Fsp3) is 0.615. The number of aromatic nitrogens is 1. The number of hydrogen-bond donors (Lipinski definition) is 1. The summed E-state index contributed by atoms with van der Waals surface area (Å²) in [6.07, 6.45) is 2.32. The van der Waals surface area contributed by atoms with E-state index >= 15 is 0 Å². The molecule has 1 aliphatic heterocycles. The largest absolute Gasteiger partial charge is 0.389 e. The van der Waals surface area contributed by atoms with Gasteiger partial charge in [-0.05, 0) is 19.4 Å². The van der Waals surface area contributed by atoms with Gasteiger partial charge in [0.25, 0.3) is 0 Å². The highest BCUT2D eigenvalue weighted by Crippen LogP contribution is 2.27. The number of ether oxygens (including phenoxy) is 1. The first-order valence-electron chi connectivity index (χ1n) is 6.21. The van der Waals surface area contributed by atoms with Gasteiger partial charge in [-0.2, -0.15) is 0 Å². The molecule has 1 unspecified atom stereocenters. The van der Waals surface area contributed by atoms with Gasteiger partial charge in [0.05, 0.1) is 25.4 Å². The maximum absolute atomic E-state index is 9.80. The molecule has 0 saturated carbocycles. The van der Waals surface area contributed by atoms with Crippen LogP contribution in [0.5, 0.6) is 0 Å². The first-order chi connectivity index (χ1) is 8.24. The van der Waals surface area contributed by atoms with Crippen molar-refractivity contribution < 1.29 is 9.84 Å². The van der Waals surface area contributed by atoms with Gasteiger partial charge in [-0.25, -0.2) is 4.98 Å². The third-order valence-corrected chi connectivity index (χ3v) is 3.24. The van der Waals surface area contributed by atoms with Crippen molar-refractivity contribution in [3.8, 4) is 0 Å². The Kier molecular flexibility index (Phi) is 3.97. The van der Waals surface area contributed by atoms with E-state index in [1.165, 1.54) is 0 Å². The van der Waals surface area contributed by atoms with Gasteiger partial charge in [0.15, 0.2) is 0 Å². The van der Waals surface area contributed by atoms with Crippen LogP contribution in [0.15, 0.2) is 18.3 Å². The van der Waals surface area contributed by atoms with Gasteiger partial charge in [-0.3, -0.25) is 0 Å². The summed E-state index contributed by atoms with van der Waals surface area (Å²) in [4.78, 5) is 6.69. The highest BCUT2D eigenvalue weighted by atomic mass is 16.5. The molecule has 1 N–H and O–H groups in total. The van der Waals surface area contributed by atoms with Crippen LogP contribution >= 0.6 is 0 Å². The van der Waals surface area contributed by atoms with Crippen LogP contribution in [0.2, 0.25) is 0 Å². The summed E-state index contributed by atoms with van der Waals surface area (Å²) < 4.78 is 5.49. The van der Waals surface area contributed by atoms with Crippen LogP contribution in [0, 0.1) is 0 Å². The summed E-state index contributed by atoms with van der Waals surface area (Å²) in [5.41, 5.74) is 0.896. The van der Waals surface area contributed by atoms with E-state index in [0.717, 1.165) is 37.6 Å². The van der Waals surface area contributed by atoms with Crippen molar-refractivity contribution in [3.05, 3.63) is 23.9 Å². The summed E-state index contributed by atoms with van der Waals surface area (Å²) in [5, 5.41) is 9.80. The summed E-state index contributed by atoms with van der Waals surface area (Å²) in [6.45, 7) is 6.24. The van der Waals surface area contributed by atoms with E-state index < -0.39 is 6.10 Å². The Bertz CT molecular complexity index is 368. The molecule has 4 nitrogen and oxygen atoms in total. The highest BCUT2D eigenvalue weighted by Gasteiger charge is 2.25. The van der Waals surface area contributed by atoms with Gasteiger partial charge < -0.3 is 14.7 Å². The minimum Gasteiger partial charge on any atom is -0.389 e. The lowest BCUT2D eigenvalue weighted by Gasteiger charge is -2.37. The summed E-state index contributed by atoms with van der Waals surface area (Å²) >= 11 is 0. The molecule has 1 saturated heterocycles. The summed E-state index contributed by atoms with van der Waals surface area (Å²) in [7, 11) is 0. The Morgan fingerprint density at radius 1 is 1.65 bits per heavy atom. The Morgan fingerprint density at radius 2 is 2.47 bits per heavy atom. The molecule has 1 aromatic rings. The first kappa shape index (κ1) is 12.3. The number of aliphatic hydroxyl groups is 1. The number of nitrogens with zero attached hydrogens (tertiary/aromatic N) is 2. The average Bonchev–Trinajstić information content (AvgIpc) is 2.38. The van der Waals surface area contributed by atoms with Crippen molar-refractivity contribution in [2.75, 3.05) is 24.7 Å². The molecule has 4 heteroatoms. The van der Waals surface area contributed by atoms with Gasteiger partial charge in [0, 0.05) is 18.3 Å². The van der Waals surface area contributed by atoms with E-state index in [9.17, 15) is 5.11 Å². The molecule has 1 aromatic heterocycles. The normalized spacial score (nSPS) is 22.5. The number of hydrogen-bond acceptors (Lipinski definition) is 4. The lowest BCUT2D eigenvalue weighted by atomic mass is 10.1. The van der Waals surface area contributed by atoms with Gasteiger partial charge in [0.1, 0.15) is 5.82 Å². The standard InChI is InChI=1S/C13H20N2O2/c1-3-11-9-17-8-7-15(11)13-12(10(2)16)5-4-6-14-13/h4-6,10-11,16H,3,7-9H2,1-2H3/t10-,11?/m0/s1. The van der Waals surface area contributed by atoms with E-state index in [-0.39, 0.29) is 0 Å². The molecule has 1 fully saturated rings. The van der Waals surface area contributed by atoms with Crippen molar-refractivity contribution >= 4 is 5.82 Å². The van der Waals surface area contributed by atoms with E-state index in [4.69, 9.17) is 4.74 Å². The van der Waals surface area contributed by atoms with Crippen LogP contribution in [-0.4, -0.2) is 35.9 Å². The molecule has 0 aliphatic carbocycles. The van der Waals surface area contributed by atoms with Crippen LogP contribution < -0.4 is 4.90 Å². The lowest BCUT2D eigenvalue weighted by molar-refractivity contribution is 0.0920. The third-order valence-electron chi connectivity index (χ3n) is 3.24. The lowest BCUT2D eigenvalue weighted by Crippen LogP contribution is -2.46. The average molecular weight is 236 g/mol. The molecule has 0 radical (unpaired) electrons. The molecule has 0 bridgehead atoms. The van der Waals surface area contributed by atoms with Gasteiger partial charge in [-0.1, -0.05) is 13.0 Å². The number of morpholine rings is 1. The first-order valence-corrected chi connectivity index (χ1v) is 6.21. The zero-order chi connectivity index (χ0) is 12.3. The monoisotopic (exact) mass is 236 g/mol. The maximum Gasteiger partial charge on any atom is 0.134 e. The molecular weight excluding hydrogens is 216 g/mol. The van der Waals surface area contributed by atoms with Crippen LogP contribution in [-0.2, 0) is 4.74 Å². The number of aliphatic hydroxyl groups excluding tert-OH is 1. The second kappa shape index (κ2) is 5.47. The molecule has 0 spiro atoms. The molecule has 17 heavy (non-hydrogen) atoms. The smallest absolute Gasteiger partial charge is 0.134 e. The van der Waals surface area contributed by atoms with Crippen LogP contribution in [0.25, 0.3) is 0 Å². The molecule has 0 amide bonds. The number of rotatable bonds is 3. The SMILES string of the molecule is CCC1COCCN1c1ncccc1[C@H](C)O. The molecule has 1 aliphatic rings. The van der Waals surface area contributed by atoms with E-state index in [1.807, 2.05) is 12.1 Å². The van der Waals surface area contributed by atoms with Gasteiger partial charge in [0.2, 0.25) is 0 Å². The van der Waals surface area contributed by atoms with Crippen molar-refractivity contribution in [1.29, 1.82) is 0 Å². The Morgan fingerprint density at radius 3 is 3.18 bits per heavy atom. The molecule has 2 heterocycles. The van der Waals surface area contributed by atoms with E-state index in [2.05, 4.69) is 16.8 Å². The second-order valence-electron chi connectivity index (χ2n) is 4.42. The fourth-order valence-electron chi connectivity index (χ4n) is 2.25. The predicted molar refractivity (Wildman–Crippen MR) is 67.1 cm³/mol. The molecule has 2 atom stereocenters.